The molecule has 0 aliphatic rings. The summed E-state index contributed by atoms with van der Waals surface area (Å²) >= 11 is 0. The third-order valence-electron chi connectivity index (χ3n) is 1.29. The van der Waals surface area contributed by atoms with Gasteiger partial charge in [-0.25, -0.2) is 9.48 Å². The second-order valence-electron chi connectivity index (χ2n) is 2.01. The van der Waals surface area contributed by atoms with Crippen molar-refractivity contribution in [3.8, 4) is 0 Å². The zero-order valence-corrected chi connectivity index (χ0v) is 6.91. The van der Waals surface area contributed by atoms with Crippen LogP contribution in [0.25, 0.3) is 0 Å². The average molecular weight is 184 g/mol. The topological polar surface area (TPSA) is 66.4 Å². The Labute approximate surface area is 73.6 Å². The fraction of sp³-hybridized carbons (Fsp3) is 0.143. The maximum Gasteiger partial charge on any atom is 0.433 e. The summed E-state index contributed by atoms with van der Waals surface area (Å²) in [5.41, 5.74) is 0. The first-order chi connectivity index (χ1) is 6.29. The van der Waals surface area contributed by atoms with Crippen LogP contribution in [0.4, 0.5) is 4.79 Å². The Kier molecular flexibility index (Phi) is 2.91. The summed E-state index contributed by atoms with van der Waals surface area (Å²) < 4.78 is 11.1. The Morgan fingerprint density at radius 3 is 2.77 bits per heavy atom. The van der Waals surface area contributed by atoms with E-state index in [2.05, 4.69) is 4.74 Å². The standard InChI is InChI=1S/C7H8N2O4/c1-12-7(11)9-3-5-13-4-2-8(9)6-10/h2-6H,1H3. The summed E-state index contributed by atoms with van der Waals surface area (Å²) in [6, 6.07) is 0. The molecule has 0 fully saturated rings. The van der Waals surface area contributed by atoms with Crippen LogP contribution in [0.5, 0.6) is 0 Å². The highest BCUT2D eigenvalue weighted by atomic mass is 16.5. The van der Waals surface area contributed by atoms with Crippen LogP contribution in [0, 0.1) is 0 Å². The molecule has 0 unspecified atom stereocenters. The highest BCUT2D eigenvalue weighted by molar-refractivity contribution is 5.70. The predicted molar refractivity (Wildman–Crippen MR) is 42.3 cm³/mol. The van der Waals surface area contributed by atoms with Crippen LogP contribution in [0.15, 0.2) is 29.3 Å². The Balaban J connectivity index is 3.27. The molecule has 0 aromatic carbocycles. The quantitative estimate of drug-likeness (QED) is 0.601. The fourth-order valence-electron chi connectivity index (χ4n) is 0.719. The van der Waals surface area contributed by atoms with Gasteiger partial charge in [-0.1, -0.05) is 0 Å². The fourth-order valence-corrected chi connectivity index (χ4v) is 0.719. The summed E-state index contributed by atoms with van der Waals surface area (Å²) in [4.78, 5) is 21.5. The van der Waals surface area contributed by atoms with Gasteiger partial charge in [0.25, 0.3) is 0 Å². The van der Waals surface area contributed by atoms with Crippen LogP contribution >= 0.6 is 0 Å². The lowest BCUT2D eigenvalue weighted by molar-refractivity contribution is 0.167. The van der Waals surface area contributed by atoms with E-state index in [4.69, 9.17) is 4.42 Å². The van der Waals surface area contributed by atoms with Gasteiger partial charge in [-0.15, -0.1) is 0 Å². The molecular weight excluding hydrogens is 176 g/mol. The second-order valence-corrected chi connectivity index (χ2v) is 2.01. The smallest absolute Gasteiger partial charge is 0.433 e. The van der Waals surface area contributed by atoms with Gasteiger partial charge in [-0.05, 0) is 0 Å². The number of carbonyl (C=O) groups excluding carboxylic acids is 2. The van der Waals surface area contributed by atoms with E-state index >= 15 is 0 Å². The molecule has 0 radical (unpaired) electrons. The predicted octanol–water partition coefficient (Wildman–Crippen LogP) is 0.660. The van der Waals surface area contributed by atoms with Crippen molar-refractivity contribution < 1.29 is 18.7 Å². The van der Waals surface area contributed by atoms with E-state index < -0.39 is 6.09 Å². The van der Waals surface area contributed by atoms with Crippen LogP contribution in [-0.4, -0.2) is 29.0 Å². The van der Waals surface area contributed by atoms with Crippen LogP contribution in [0.1, 0.15) is 0 Å². The minimum absolute atomic E-state index is 0.451. The normalized spacial score (nSPS) is 9.00. The molecule has 1 heterocycles. The van der Waals surface area contributed by atoms with Crippen molar-refractivity contribution in [1.82, 2.24) is 9.36 Å². The molecule has 6 nitrogen and oxygen atoms in total. The van der Waals surface area contributed by atoms with Crippen molar-refractivity contribution in [1.29, 1.82) is 0 Å². The van der Waals surface area contributed by atoms with E-state index in [1.165, 1.54) is 32.0 Å². The monoisotopic (exact) mass is 184 g/mol. The third kappa shape index (κ3) is 1.98. The van der Waals surface area contributed by atoms with E-state index in [1.807, 2.05) is 0 Å². The van der Waals surface area contributed by atoms with Crippen molar-refractivity contribution in [3.05, 3.63) is 24.9 Å². The number of carbonyl (C=O) groups is 2. The van der Waals surface area contributed by atoms with Crippen LogP contribution in [0.3, 0.4) is 0 Å². The lowest BCUT2D eigenvalue weighted by Gasteiger charge is -2.03. The number of nitrogens with zero attached hydrogens (tertiary/aromatic N) is 2. The van der Waals surface area contributed by atoms with Crippen LogP contribution < -0.4 is 0 Å². The van der Waals surface area contributed by atoms with Gasteiger partial charge in [0.2, 0.25) is 6.41 Å². The van der Waals surface area contributed by atoms with Crippen molar-refractivity contribution in [2.45, 2.75) is 0 Å². The lowest BCUT2D eigenvalue weighted by atomic mass is 10.9. The minimum Gasteiger partial charge on any atom is -0.469 e. The molecule has 13 heavy (non-hydrogen) atoms. The summed E-state index contributed by atoms with van der Waals surface area (Å²) in [7, 11) is 1.22. The van der Waals surface area contributed by atoms with E-state index in [1.54, 1.807) is 0 Å². The molecule has 1 aromatic rings. The molecule has 0 saturated carbocycles. The van der Waals surface area contributed by atoms with E-state index in [0.717, 1.165) is 9.36 Å². The molecule has 0 N–H and O–H groups in total. The summed E-state index contributed by atoms with van der Waals surface area (Å²) in [6.45, 7) is 0. The Hall–Kier alpha value is -1.98. The first kappa shape index (κ1) is 9.11. The van der Waals surface area contributed by atoms with Crippen molar-refractivity contribution in [2.75, 3.05) is 7.11 Å². The molecule has 0 aliphatic heterocycles. The van der Waals surface area contributed by atoms with Gasteiger partial charge >= 0.3 is 6.09 Å². The number of hydrogen-bond donors (Lipinski definition) is 0. The van der Waals surface area contributed by atoms with Gasteiger partial charge in [0.05, 0.1) is 19.5 Å². The molecule has 0 bridgehead atoms. The molecule has 0 spiro atoms. The zero-order chi connectivity index (χ0) is 9.68. The van der Waals surface area contributed by atoms with E-state index in [0.29, 0.717) is 6.41 Å². The van der Waals surface area contributed by atoms with Crippen molar-refractivity contribution in [3.63, 3.8) is 0 Å². The summed E-state index contributed by atoms with van der Waals surface area (Å²) in [5, 5.41) is 0. The van der Waals surface area contributed by atoms with Gasteiger partial charge in [0, 0.05) is 0 Å². The first-order valence-electron chi connectivity index (χ1n) is 3.39. The maximum absolute atomic E-state index is 11.1. The number of aromatic nitrogens is 2. The number of ether oxygens (including phenoxy) is 1. The SMILES string of the molecule is COC(=O)n1ccoccn1C=O. The molecule has 0 atom stereocenters. The van der Waals surface area contributed by atoms with Crippen molar-refractivity contribution in [2.24, 2.45) is 0 Å². The third-order valence-corrected chi connectivity index (χ3v) is 1.29. The molecule has 6 heteroatoms. The Morgan fingerprint density at radius 2 is 2.15 bits per heavy atom. The van der Waals surface area contributed by atoms with Gasteiger partial charge in [-0.3, -0.25) is 4.79 Å². The highest BCUT2D eigenvalue weighted by Crippen LogP contribution is 1.89. The summed E-state index contributed by atoms with van der Waals surface area (Å²) in [5.74, 6) is 0. The van der Waals surface area contributed by atoms with E-state index in [-0.39, 0.29) is 0 Å². The van der Waals surface area contributed by atoms with Gasteiger partial charge < -0.3 is 9.15 Å². The average Bonchev–Trinajstić information content (AvgIpc) is 2.41. The zero-order valence-electron chi connectivity index (χ0n) is 6.91. The largest absolute Gasteiger partial charge is 0.469 e. The Bertz CT molecular complexity index is 345. The van der Waals surface area contributed by atoms with Crippen molar-refractivity contribution >= 4 is 12.5 Å². The Morgan fingerprint density at radius 1 is 1.46 bits per heavy atom. The van der Waals surface area contributed by atoms with Crippen LogP contribution in [-0.2, 0) is 9.53 Å². The molecule has 0 amide bonds. The van der Waals surface area contributed by atoms with Gasteiger partial charge in [-0.2, -0.15) is 4.68 Å². The number of hydrogen-bond acceptors (Lipinski definition) is 4. The molecule has 0 saturated heterocycles. The molecule has 1 rings (SSSR count). The first-order valence-corrected chi connectivity index (χ1v) is 3.39. The highest BCUT2D eigenvalue weighted by Gasteiger charge is 2.03. The maximum atomic E-state index is 11.1. The minimum atomic E-state index is -0.682. The molecule has 70 valence electrons. The lowest BCUT2D eigenvalue weighted by Crippen LogP contribution is -2.21. The molecule has 0 aliphatic carbocycles. The molecular formula is C7H8N2O4. The number of rotatable bonds is 1. The number of methoxy groups -OCH3 is 1. The van der Waals surface area contributed by atoms with Gasteiger partial charge in [0.1, 0.15) is 12.5 Å². The second kappa shape index (κ2) is 4.15. The summed E-state index contributed by atoms with van der Waals surface area (Å²) in [6.07, 6.45) is 4.82. The van der Waals surface area contributed by atoms with Crippen LogP contribution in [0.2, 0.25) is 0 Å². The van der Waals surface area contributed by atoms with Gasteiger partial charge in [0.15, 0.2) is 0 Å². The van der Waals surface area contributed by atoms with E-state index in [9.17, 15) is 9.59 Å². The molecule has 1 aromatic heterocycles.